The maximum Gasteiger partial charge on any atom is 0.408 e. The minimum atomic E-state index is -1.53. The summed E-state index contributed by atoms with van der Waals surface area (Å²) in [4.78, 5) is 40.1. The monoisotopic (exact) mass is 516 g/mol. The van der Waals surface area contributed by atoms with Crippen molar-refractivity contribution in [3.63, 3.8) is 0 Å². The molecule has 0 aliphatic rings. The molecule has 0 heterocycles. The minimum absolute atomic E-state index is 0.0252. The molecule has 0 bridgehead atoms. The molecule has 3 amide bonds. The van der Waals surface area contributed by atoms with E-state index in [0.29, 0.717) is 11.3 Å². The summed E-state index contributed by atoms with van der Waals surface area (Å²) in [6.07, 6.45) is -0.970. The molecule has 2 unspecified atom stereocenters. The normalized spacial score (nSPS) is 12.6. The van der Waals surface area contributed by atoms with Crippen LogP contribution in [0.25, 0.3) is 0 Å². The molecule has 0 aliphatic heterocycles. The van der Waals surface area contributed by atoms with Gasteiger partial charge in [0, 0.05) is 5.56 Å². The number of carbonyl (C=O) groups excluding carboxylic acids is 3. The number of phenols is 1. The van der Waals surface area contributed by atoms with Crippen LogP contribution in [0.5, 0.6) is 5.75 Å². The van der Waals surface area contributed by atoms with Crippen LogP contribution in [0.4, 0.5) is 10.5 Å². The van der Waals surface area contributed by atoms with Crippen LogP contribution in [0.1, 0.15) is 37.9 Å². The molecule has 4 N–H and O–H groups in total. The second kappa shape index (κ2) is 12.2. The van der Waals surface area contributed by atoms with Gasteiger partial charge in [0.05, 0.1) is 23.4 Å². The number of hydrogen-bond acceptors (Lipinski definition) is 7. The Kier molecular flexibility index (Phi) is 9.67. The summed E-state index contributed by atoms with van der Waals surface area (Å²) in [6.45, 7) is 5.16. The number of anilines is 1. The fourth-order valence-electron chi connectivity index (χ4n) is 3.36. The molecule has 2 aromatic carbocycles. The highest BCUT2D eigenvalue weighted by atomic mass is 35.5. The van der Waals surface area contributed by atoms with Crippen molar-refractivity contribution < 1.29 is 29.3 Å². The molecule has 11 heteroatoms. The fourth-order valence-corrected chi connectivity index (χ4v) is 3.63. The number of aliphatic hydroxyl groups excluding tert-OH is 1. The number of ether oxygens (including phenoxy) is 1. The molecular weight excluding hydrogens is 488 g/mol. The minimum Gasteiger partial charge on any atom is -0.508 e. The van der Waals surface area contributed by atoms with Gasteiger partial charge in [0.1, 0.15) is 30.0 Å². The SMILES string of the molecule is Cc1cccc(Cl)c1NC(=O)C(c1ccccc1O)N(CC#N)C(=O)C(CO)NC(=O)OC(C)(C)C. The average Bonchev–Trinajstić information content (AvgIpc) is 2.79. The maximum atomic E-state index is 13.6. The largest absolute Gasteiger partial charge is 0.508 e. The Balaban J connectivity index is 2.50. The molecule has 0 aromatic heterocycles. The van der Waals surface area contributed by atoms with Crippen molar-refractivity contribution in [2.45, 2.75) is 45.4 Å². The number of aryl methyl sites for hydroxylation is 1. The first-order valence-electron chi connectivity index (χ1n) is 11.0. The van der Waals surface area contributed by atoms with Gasteiger partial charge in [-0.25, -0.2) is 4.79 Å². The summed E-state index contributed by atoms with van der Waals surface area (Å²) in [5.41, 5.74) is 0.0894. The van der Waals surface area contributed by atoms with Crippen molar-refractivity contribution in [3.05, 3.63) is 58.6 Å². The standard InChI is InChI=1S/C25H29ClN4O6/c1-15-8-7-10-17(26)20(15)29-22(33)21(16-9-5-6-11-19(16)32)30(13-12-27)23(34)18(14-31)28-24(35)36-25(2,3)4/h5-11,18,21,31-32H,13-14H2,1-4H3,(H,28,35)(H,29,33). The first-order valence-corrected chi connectivity index (χ1v) is 11.4. The highest BCUT2D eigenvalue weighted by molar-refractivity contribution is 6.34. The number of alkyl carbamates (subject to hydrolysis) is 1. The van der Waals surface area contributed by atoms with Crippen molar-refractivity contribution in [2.75, 3.05) is 18.5 Å². The van der Waals surface area contributed by atoms with Gasteiger partial charge in [0.15, 0.2) is 0 Å². The Hall–Kier alpha value is -3.81. The highest BCUT2D eigenvalue weighted by Crippen LogP contribution is 2.32. The van der Waals surface area contributed by atoms with Gasteiger partial charge in [-0.1, -0.05) is 41.9 Å². The second-order valence-corrected chi connectivity index (χ2v) is 9.30. The van der Waals surface area contributed by atoms with Gasteiger partial charge in [0.25, 0.3) is 5.91 Å². The maximum absolute atomic E-state index is 13.6. The number of aliphatic hydroxyl groups is 1. The van der Waals surface area contributed by atoms with E-state index in [2.05, 4.69) is 10.6 Å². The number of rotatable bonds is 8. The van der Waals surface area contributed by atoms with E-state index in [9.17, 15) is 29.9 Å². The summed E-state index contributed by atoms with van der Waals surface area (Å²) in [6, 6.07) is 9.61. The summed E-state index contributed by atoms with van der Waals surface area (Å²) in [5.74, 6) is -2.01. The fraction of sp³-hybridized carbons (Fsp3) is 0.360. The number of halogens is 1. The van der Waals surface area contributed by atoms with Gasteiger partial charge in [-0.2, -0.15) is 5.26 Å². The number of benzene rings is 2. The zero-order valence-electron chi connectivity index (χ0n) is 20.4. The lowest BCUT2D eigenvalue weighted by atomic mass is 10.0. The molecule has 0 radical (unpaired) electrons. The number of nitrogens with one attached hydrogen (secondary N) is 2. The van der Waals surface area contributed by atoms with Crippen LogP contribution in [-0.2, 0) is 14.3 Å². The average molecular weight is 517 g/mol. The number of amides is 3. The van der Waals surface area contributed by atoms with Crippen LogP contribution < -0.4 is 10.6 Å². The molecule has 0 spiro atoms. The quantitative estimate of drug-likeness (QED) is 0.393. The predicted molar refractivity (Wildman–Crippen MR) is 133 cm³/mol. The van der Waals surface area contributed by atoms with E-state index >= 15 is 0 Å². The topological polar surface area (TPSA) is 152 Å². The number of aromatic hydroxyl groups is 1. The number of nitrogens with zero attached hydrogens (tertiary/aromatic N) is 2. The van der Waals surface area contributed by atoms with Crippen LogP contribution in [0.3, 0.4) is 0 Å². The Bertz CT molecular complexity index is 1140. The molecule has 2 rings (SSSR count). The molecular formula is C25H29ClN4O6. The molecule has 10 nitrogen and oxygen atoms in total. The number of para-hydroxylation sites is 2. The molecule has 0 saturated carbocycles. The smallest absolute Gasteiger partial charge is 0.408 e. The van der Waals surface area contributed by atoms with E-state index in [0.717, 1.165) is 4.90 Å². The lowest BCUT2D eigenvalue weighted by Gasteiger charge is -2.32. The lowest BCUT2D eigenvalue weighted by molar-refractivity contribution is -0.140. The van der Waals surface area contributed by atoms with Crippen molar-refractivity contribution in [3.8, 4) is 11.8 Å². The van der Waals surface area contributed by atoms with E-state index in [1.807, 2.05) is 6.07 Å². The third-order valence-electron chi connectivity index (χ3n) is 4.96. The van der Waals surface area contributed by atoms with Crippen LogP contribution in [0.15, 0.2) is 42.5 Å². The van der Waals surface area contributed by atoms with E-state index < -0.39 is 48.7 Å². The zero-order valence-corrected chi connectivity index (χ0v) is 21.2. The van der Waals surface area contributed by atoms with Gasteiger partial charge < -0.3 is 30.5 Å². The predicted octanol–water partition coefficient (Wildman–Crippen LogP) is 3.27. The summed E-state index contributed by atoms with van der Waals surface area (Å²) >= 11 is 6.25. The summed E-state index contributed by atoms with van der Waals surface area (Å²) < 4.78 is 5.15. The van der Waals surface area contributed by atoms with Gasteiger partial charge in [0.2, 0.25) is 5.91 Å². The number of phenolic OH excluding ortho intramolecular Hbond substituents is 1. The van der Waals surface area contributed by atoms with Gasteiger partial charge >= 0.3 is 6.09 Å². The van der Waals surface area contributed by atoms with Crippen LogP contribution in [0.2, 0.25) is 5.02 Å². The third kappa shape index (κ3) is 7.34. The summed E-state index contributed by atoms with van der Waals surface area (Å²) in [5, 5.41) is 35.0. The lowest BCUT2D eigenvalue weighted by Crippen LogP contribution is -2.54. The molecule has 2 atom stereocenters. The number of hydrogen-bond donors (Lipinski definition) is 4. The highest BCUT2D eigenvalue weighted by Gasteiger charge is 2.37. The Labute approximate surface area is 214 Å². The Morgan fingerprint density at radius 2 is 1.83 bits per heavy atom. The second-order valence-electron chi connectivity index (χ2n) is 8.89. The van der Waals surface area contributed by atoms with Crippen molar-refractivity contribution in [1.29, 1.82) is 5.26 Å². The van der Waals surface area contributed by atoms with Gasteiger partial charge in [-0.05, 0) is 45.4 Å². The Morgan fingerprint density at radius 3 is 2.39 bits per heavy atom. The first-order chi connectivity index (χ1) is 16.9. The van der Waals surface area contributed by atoms with Crippen LogP contribution in [-0.4, -0.2) is 57.8 Å². The van der Waals surface area contributed by atoms with Crippen molar-refractivity contribution in [2.24, 2.45) is 0 Å². The zero-order chi connectivity index (χ0) is 27.0. The van der Waals surface area contributed by atoms with Crippen molar-refractivity contribution >= 4 is 35.2 Å². The third-order valence-corrected chi connectivity index (χ3v) is 5.27. The van der Waals surface area contributed by atoms with E-state index in [1.54, 1.807) is 52.0 Å². The van der Waals surface area contributed by atoms with E-state index in [4.69, 9.17) is 16.3 Å². The number of nitriles is 1. The Morgan fingerprint density at radius 1 is 1.17 bits per heavy atom. The van der Waals surface area contributed by atoms with E-state index in [-0.39, 0.29) is 16.3 Å². The van der Waals surface area contributed by atoms with Gasteiger partial charge in [-0.3, -0.25) is 9.59 Å². The van der Waals surface area contributed by atoms with Crippen molar-refractivity contribution in [1.82, 2.24) is 10.2 Å². The van der Waals surface area contributed by atoms with Gasteiger partial charge in [-0.15, -0.1) is 0 Å². The van der Waals surface area contributed by atoms with E-state index in [1.165, 1.54) is 18.2 Å². The molecule has 36 heavy (non-hydrogen) atoms. The van der Waals surface area contributed by atoms with Crippen LogP contribution in [0, 0.1) is 18.3 Å². The van der Waals surface area contributed by atoms with Crippen LogP contribution >= 0.6 is 11.6 Å². The first kappa shape index (κ1) is 28.4. The molecule has 2 aromatic rings. The molecule has 0 fully saturated rings. The molecule has 0 aliphatic carbocycles. The summed E-state index contributed by atoms with van der Waals surface area (Å²) in [7, 11) is 0. The molecule has 192 valence electrons. The molecule has 0 saturated heterocycles. The number of carbonyl (C=O) groups is 3.